The summed E-state index contributed by atoms with van der Waals surface area (Å²) >= 11 is 0. The van der Waals surface area contributed by atoms with Crippen LogP contribution >= 0.6 is 0 Å². The Bertz CT molecular complexity index is 1180. The van der Waals surface area contributed by atoms with Crippen molar-refractivity contribution in [1.82, 2.24) is 4.98 Å². The van der Waals surface area contributed by atoms with E-state index in [0.29, 0.717) is 0 Å². The van der Waals surface area contributed by atoms with Crippen LogP contribution in [0.3, 0.4) is 0 Å². The molecule has 1 heterocycles. The van der Waals surface area contributed by atoms with Gasteiger partial charge in [-0.3, -0.25) is 4.98 Å². The topological polar surface area (TPSA) is 12.9 Å². The highest BCUT2D eigenvalue weighted by atomic mass is 14.6. The van der Waals surface area contributed by atoms with Crippen molar-refractivity contribution in [2.24, 2.45) is 0 Å². The third kappa shape index (κ3) is 1.92. The average Bonchev–Trinajstić information content (AvgIpc) is 2.67. The van der Waals surface area contributed by atoms with Gasteiger partial charge in [0.1, 0.15) is 0 Å². The lowest BCUT2D eigenvalue weighted by Crippen LogP contribution is -1.87. The number of hydrogen-bond acceptors (Lipinski definition) is 1. The first kappa shape index (κ1) is 13.3. The number of fused-ring (bicyclic) bond motifs is 5. The number of aromatic nitrogens is 1. The van der Waals surface area contributed by atoms with Crippen molar-refractivity contribution < 1.29 is 0 Å². The van der Waals surface area contributed by atoms with E-state index in [2.05, 4.69) is 84.9 Å². The predicted molar refractivity (Wildman–Crippen MR) is 102 cm³/mol. The molecular weight excluding hydrogens is 290 g/mol. The van der Waals surface area contributed by atoms with Gasteiger partial charge in [0.05, 0.1) is 5.52 Å². The lowest BCUT2D eigenvalue weighted by atomic mass is 9.93. The van der Waals surface area contributed by atoms with E-state index in [1.807, 2.05) is 6.20 Å². The Kier molecular flexibility index (Phi) is 2.86. The van der Waals surface area contributed by atoms with Crippen LogP contribution in [0.15, 0.2) is 91.1 Å². The minimum atomic E-state index is 1.05. The molecule has 0 unspecified atom stereocenters. The molecular formula is C23H15N. The second kappa shape index (κ2) is 5.17. The highest BCUT2D eigenvalue weighted by molar-refractivity contribution is 6.22. The van der Waals surface area contributed by atoms with Crippen molar-refractivity contribution in [3.05, 3.63) is 91.1 Å². The molecule has 1 nitrogen and oxygen atoms in total. The minimum absolute atomic E-state index is 1.05. The zero-order chi connectivity index (χ0) is 15.9. The Balaban J connectivity index is 2.05. The van der Waals surface area contributed by atoms with E-state index in [0.717, 1.165) is 5.52 Å². The Hall–Kier alpha value is -3.19. The van der Waals surface area contributed by atoms with E-state index >= 15 is 0 Å². The molecule has 0 fully saturated rings. The molecule has 0 spiro atoms. The summed E-state index contributed by atoms with van der Waals surface area (Å²) < 4.78 is 0. The monoisotopic (exact) mass is 305 g/mol. The van der Waals surface area contributed by atoms with Gasteiger partial charge in [0.25, 0.3) is 0 Å². The highest BCUT2D eigenvalue weighted by Gasteiger charge is 2.10. The third-order valence-electron chi connectivity index (χ3n) is 4.68. The fraction of sp³-hybridized carbons (Fsp3) is 0. The fourth-order valence-electron chi connectivity index (χ4n) is 3.58. The molecule has 0 saturated carbocycles. The second-order valence-corrected chi connectivity index (χ2v) is 6.07. The van der Waals surface area contributed by atoms with Crippen LogP contribution in [0, 0.1) is 0 Å². The fourth-order valence-corrected chi connectivity index (χ4v) is 3.58. The summed E-state index contributed by atoms with van der Waals surface area (Å²) in [4.78, 5) is 4.69. The number of nitrogens with zero attached hydrogens (tertiary/aromatic N) is 1. The van der Waals surface area contributed by atoms with Crippen LogP contribution in [-0.4, -0.2) is 4.98 Å². The zero-order valence-corrected chi connectivity index (χ0v) is 13.1. The van der Waals surface area contributed by atoms with E-state index in [-0.39, 0.29) is 0 Å². The van der Waals surface area contributed by atoms with Crippen LogP contribution in [0.2, 0.25) is 0 Å². The molecule has 0 radical (unpaired) electrons. The molecule has 0 aliphatic carbocycles. The maximum atomic E-state index is 4.69. The van der Waals surface area contributed by atoms with Gasteiger partial charge in [0.15, 0.2) is 0 Å². The summed E-state index contributed by atoms with van der Waals surface area (Å²) in [5.74, 6) is 0. The molecule has 1 heteroatoms. The zero-order valence-electron chi connectivity index (χ0n) is 13.1. The molecule has 0 aliphatic rings. The third-order valence-corrected chi connectivity index (χ3v) is 4.68. The number of rotatable bonds is 1. The predicted octanol–water partition coefficient (Wildman–Crippen LogP) is 6.21. The summed E-state index contributed by atoms with van der Waals surface area (Å²) in [7, 11) is 0. The molecule has 5 aromatic rings. The van der Waals surface area contributed by atoms with Crippen molar-refractivity contribution in [1.29, 1.82) is 0 Å². The van der Waals surface area contributed by atoms with E-state index < -0.39 is 0 Å². The normalized spacial score (nSPS) is 11.3. The molecule has 4 aromatic carbocycles. The second-order valence-electron chi connectivity index (χ2n) is 6.07. The maximum absolute atomic E-state index is 4.69. The van der Waals surface area contributed by atoms with Gasteiger partial charge in [0, 0.05) is 22.4 Å². The molecule has 1 aromatic heterocycles. The van der Waals surface area contributed by atoms with Crippen molar-refractivity contribution in [2.45, 2.75) is 0 Å². The standard InChI is InChI=1S/C23H15N/c1-2-7-16(8-3-1)19-12-6-10-18-15-24-21-14-13-17-9-4-5-11-20(17)23(21)22(18)19/h1-15H. The highest BCUT2D eigenvalue weighted by Crippen LogP contribution is 2.36. The molecule has 0 bridgehead atoms. The van der Waals surface area contributed by atoms with E-state index in [9.17, 15) is 0 Å². The summed E-state index contributed by atoms with van der Waals surface area (Å²) in [6, 6.07) is 29.9. The Labute approximate surface area is 140 Å². The first-order chi connectivity index (χ1) is 11.9. The summed E-state index contributed by atoms with van der Waals surface area (Å²) in [5, 5.41) is 6.22. The van der Waals surface area contributed by atoms with Gasteiger partial charge in [-0.1, -0.05) is 78.9 Å². The van der Waals surface area contributed by atoms with Crippen molar-refractivity contribution in [3.63, 3.8) is 0 Å². The first-order valence-electron chi connectivity index (χ1n) is 8.16. The number of benzene rings is 4. The van der Waals surface area contributed by atoms with Gasteiger partial charge in [-0.05, 0) is 28.0 Å². The number of hydrogen-bond donors (Lipinski definition) is 0. The van der Waals surface area contributed by atoms with Gasteiger partial charge in [0.2, 0.25) is 0 Å². The molecule has 0 atom stereocenters. The maximum Gasteiger partial charge on any atom is 0.0715 e. The van der Waals surface area contributed by atoms with E-state index in [1.54, 1.807) is 0 Å². The van der Waals surface area contributed by atoms with Crippen LogP contribution in [0.4, 0.5) is 0 Å². The molecule has 112 valence electrons. The lowest BCUT2D eigenvalue weighted by molar-refractivity contribution is 1.45. The first-order valence-corrected chi connectivity index (χ1v) is 8.16. The summed E-state index contributed by atoms with van der Waals surface area (Å²) in [6.07, 6.45) is 1.98. The van der Waals surface area contributed by atoms with E-state index in [4.69, 9.17) is 4.98 Å². The number of pyridine rings is 1. The van der Waals surface area contributed by atoms with Crippen molar-refractivity contribution >= 4 is 32.4 Å². The average molecular weight is 305 g/mol. The van der Waals surface area contributed by atoms with Gasteiger partial charge in [-0.2, -0.15) is 0 Å². The van der Waals surface area contributed by atoms with Crippen molar-refractivity contribution in [2.75, 3.05) is 0 Å². The van der Waals surface area contributed by atoms with Crippen LogP contribution in [0.1, 0.15) is 0 Å². The quantitative estimate of drug-likeness (QED) is 0.336. The largest absolute Gasteiger partial charge is 0.256 e. The smallest absolute Gasteiger partial charge is 0.0715 e. The van der Waals surface area contributed by atoms with Crippen LogP contribution in [0.25, 0.3) is 43.6 Å². The van der Waals surface area contributed by atoms with Crippen LogP contribution in [0.5, 0.6) is 0 Å². The molecule has 0 amide bonds. The molecule has 0 aliphatic heterocycles. The van der Waals surface area contributed by atoms with Crippen molar-refractivity contribution in [3.8, 4) is 11.1 Å². The summed E-state index contributed by atoms with van der Waals surface area (Å²) in [5.41, 5.74) is 3.55. The molecule has 5 rings (SSSR count). The molecule has 0 saturated heterocycles. The Morgan fingerprint density at radius 2 is 1.33 bits per heavy atom. The Morgan fingerprint density at radius 3 is 2.25 bits per heavy atom. The van der Waals surface area contributed by atoms with Gasteiger partial charge in [-0.15, -0.1) is 0 Å². The van der Waals surface area contributed by atoms with E-state index in [1.165, 1.54) is 38.1 Å². The minimum Gasteiger partial charge on any atom is -0.256 e. The molecule has 0 N–H and O–H groups in total. The summed E-state index contributed by atoms with van der Waals surface area (Å²) in [6.45, 7) is 0. The van der Waals surface area contributed by atoms with Crippen LogP contribution in [-0.2, 0) is 0 Å². The van der Waals surface area contributed by atoms with Gasteiger partial charge in [-0.25, -0.2) is 0 Å². The Morgan fingerprint density at radius 1 is 0.542 bits per heavy atom. The van der Waals surface area contributed by atoms with Crippen LogP contribution < -0.4 is 0 Å². The SMILES string of the molecule is c1ccc(-c2cccc3cnc4ccc5ccccc5c4c23)cc1. The lowest BCUT2D eigenvalue weighted by Gasteiger charge is -2.12. The van der Waals surface area contributed by atoms with Gasteiger partial charge < -0.3 is 0 Å². The van der Waals surface area contributed by atoms with Gasteiger partial charge >= 0.3 is 0 Å². The molecule has 24 heavy (non-hydrogen) atoms.